The highest BCUT2D eigenvalue weighted by molar-refractivity contribution is 7.16. The quantitative estimate of drug-likeness (QED) is 0.751. The van der Waals surface area contributed by atoms with Gasteiger partial charge in [-0.1, -0.05) is 11.6 Å². The average Bonchev–Trinajstić information content (AvgIpc) is 2.91. The fourth-order valence-electron chi connectivity index (χ4n) is 1.15. The van der Waals surface area contributed by atoms with E-state index in [0.717, 1.165) is 17.8 Å². The largest absolute Gasteiger partial charge is 0.461 e. The average molecular weight is 232 g/mol. The van der Waals surface area contributed by atoms with E-state index in [2.05, 4.69) is 4.98 Å². The van der Waals surface area contributed by atoms with E-state index in [1.165, 1.54) is 11.3 Å². The highest BCUT2D eigenvalue weighted by Gasteiger charge is 2.29. The van der Waals surface area contributed by atoms with E-state index in [9.17, 15) is 4.79 Å². The van der Waals surface area contributed by atoms with E-state index in [1.807, 2.05) is 0 Å². The minimum absolute atomic E-state index is 0.278. The van der Waals surface area contributed by atoms with Crippen molar-refractivity contribution in [1.29, 1.82) is 0 Å². The Balaban J connectivity index is 2.19. The standard InChI is InChI=1S/C9H10ClNO2S/c1-2-13-9(12)6-7(10)14-8(11-6)5-3-4-5/h5H,2-4H2,1H3. The van der Waals surface area contributed by atoms with Crippen molar-refractivity contribution in [2.75, 3.05) is 6.61 Å². The van der Waals surface area contributed by atoms with Gasteiger partial charge in [0, 0.05) is 5.92 Å². The lowest BCUT2D eigenvalue weighted by Gasteiger charge is -1.96. The minimum Gasteiger partial charge on any atom is -0.461 e. The molecule has 1 fully saturated rings. The first-order valence-corrected chi connectivity index (χ1v) is 5.75. The number of hydrogen-bond donors (Lipinski definition) is 0. The van der Waals surface area contributed by atoms with Gasteiger partial charge in [-0.25, -0.2) is 9.78 Å². The molecular weight excluding hydrogens is 222 g/mol. The van der Waals surface area contributed by atoms with Crippen LogP contribution >= 0.6 is 22.9 Å². The number of thiazole rings is 1. The lowest BCUT2D eigenvalue weighted by molar-refractivity contribution is 0.0520. The Kier molecular flexibility index (Phi) is 2.74. The first-order chi connectivity index (χ1) is 6.72. The van der Waals surface area contributed by atoms with Gasteiger partial charge in [0.05, 0.1) is 11.6 Å². The van der Waals surface area contributed by atoms with E-state index in [4.69, 9.17) is 16.3 Å². The van der Waals surface area contributed by atoms with Gasteiger partial charge in [0.25, 0.3) is 0 Å². The van der Waals surface area contributed by atoms with Gasteiger partial charge in [0.1, 0.15) is 4.34 Å². The van der Waals surface area contributed by atoms with Crippen LogP contribution in [0.4, 0.5) is 0 Å². The second kappa shape index (κ2) is 3.87. The van der Waals surface area contributed by atoms with E-state index in [0.29, 0.717) is 16.9 Å². The molecule has 0 atom stereocenters. The van der Waals surface area contributed by atoms with Gasteiger partial charge >= 0.3 is 5.97 Å². The minimum atomic E-state index is -0.416. The molecule has 0 unspecified atom stereocenters. The van der Waals surface area contributed by atoms with Gasteiger partial charge in [-0.2, -0.15) is 0 Å². The summed E-state index contributed by atoms with van der Waals surface area (Å²) in [6, 6.07) is 0. The highest BCUT2D eigenvalue weighted by atomic mass is 35.5. The summed E-state index contributed by atoms with van der Waals surface area (Å²) in [6.07, 6.45) is 2.32. The summed E-state index contributed by atoms with van der Waals surface area (Å²) in [6.45, 7) is 2.12. The summed E-state index contributed by atoms with van der Waals surface area (Å²) in [7, 11) is 0. The lowest BCUT2D eigenvalue weighted by atomic mass is 10.4. The molecule has 0 aliphatic heterocycles. The molecule has 5 heteroatoms. The monoisotopic (exact) mass is 231 g/mol. The Morgan fingerprint density at radius 3 is 3.00 bits per heavy atom. The SMILES string of the molecule is CCOC(=O)c1nc(C2CC2)sc1Cl. The van der Waals surface area contributed by atoms with Crippen LogP contribution in [0.15, 0.2) is 0 Å². The van der Waals surface area contributed by atoms with Crippen LogP contribution in [-0.4, -0.2) is 17.6 Å². The van der Waals surface area contributed by atoms with Gasteiger partial charge in [-0.3, -0.25) is 0 Å². The lowest BCUT2D eigenvalue weighted by Crippen LogP contribution is -2.05. The topological polar surface area (TPSA) is 39.2 Å². The first-order valence-electron chi connectivity index (χ1n) is 4.55. The van der Waals surface area contributed by atoms with Crippen LogP contribution < -0.4 is 0 Å². The summed E-state index contributed by atoms with van der Waals surface area (Å²) in [4.78, 5) is 15.6. The molecule has 0 spiro atoms. The molecule has 76 valence electrons. The molecule has 1 aliphatic carbocycles. The van der Waals surface area contributed by atoms with E-state index in [1.54, 1.807) is 6.92 Å². The molecule has 0 aromatic carbocycles. The number of aromatic nitrogens is 1. The highest BCUT2D eigenvalue weighted by Crippen LogP contribution is 2.43. The third kappa shape index (κ3) is 1.91. The van der Waals surface area contributed by atoms with E-state index < -0.39 is 5.97 Å². The van der Waals surface area contributed by atoms with Gasteiger partial charge in [-0.15, -0.1) is 11.3 Å². The molecule has 1 heterocycles. The Labute approximate surface area is 91.1 Å². The van der Waals surface area contributed by atoms with Crippen molar-refractivity contribution >= 4 is 28.9 Å². The van der Waals surface area contributed by atoms with Crippen LogP contribution in [0.1, 0.15) is 41.2 Å². The van der Waals surface area contributed by atoms with Crippen LogP contribution in [0.25, 0.3) is 0 Å². The van der Waals surface area contributed by atoms with Crippen LogP contribution in [0, 0.1) is 0 Å². The number of ether oxygens (including phenoxy) is 1. The van der Waals surface area contributed by atoms with Crippen LogP contribution in [-0.2, 0) is 4.74 Å². The molecule has 14 heavy (non-hydrogen) atoms. The number of rotatable bonds is 3. The predicted octanol–water partition coefficient (Wildman–Crippen LogP) is 2.85. The zero-order chi connectivity index (χ0) is 10.1. The second-order valence-corrected chi connectivity index (χ2v) is 4.80. The Morgan fingerprint density at radius 1 is 1.71 bits per heavy atom. The summed E-state index contributed by atoms with van der Waals surface area (Å²) < 4.78 is 5.29. The zero-order valence-corrected chi connectivity index (χ0v) is 9.32. The molecule has 0 N–H and O–H groups in total. The molecular formula is C9H10ClNO2S. The molecule has 1 aromatic rings. The van der Waals surface area contributed by atoms with E-state index in [-0.39, 0.29) is 5.69 Å². The number of esters is 1. The second-order valence-electron chi connectivity index (χ2n) is 3.17. The van der Waals surface area contributed by atoms with E-state index >= 15 is 0 Å². The fraction of sp³-hybridized carbons (Fsp3) is 0.556. The van der Waals surface area contributed by atoms with Crippen molar-refractivity contribution in [3.05, 3.63) is 15.0 Å². The van der Waals surface area contributed by atoms with Crippen molar-refractivity contribution in [2.24, 2.45) is 0 Å². The number of carbonyl (C=O) groups is 1. The smallest absolute Gasteiger partial charge is 0.359 e. The van der Waals surface area contributed by atoms with Crippen LogP contribution in [0.2, 0.25) is 4.34 Å². The molecule has 0 amide bonds. The van der Waals surface area contributed by atoms with Crippen molar-refractivity contribution in [1.82, 2.24) is 4.98 Å². The fourth-order valence-corrected chi connectivity index (χ4v) is 2.45. The molecule has 0 bridgehead atoms. The van der Waals surface area contributed by atoms with Gasteiger partial charge in [-0.05, 0) is 19.8 Å². The Hall–Kier alpha value is -0.610. The summed E-state index contributed by atoms with van der Waals surface area (Å²) in [5.74, 6) is 0.112. The Morgan fingerprint density at radius 2 is 2.43 bits per heavy atom. The number of halogens is 1. The molecule has 3 nitrogen and oxygen atoms in total. The molecule has 1 aromatic heterocycles. The third-order valence-corrected chi connectivity index (χ3v) is 3.41. The summed E-state index contributed by atoms with van der Waals surface area (Å²) in [5, 5.41) is 0.970. The molecule has 1 saturated carbocycles. The Bertz CT molecular complexity index is 360. The number of nitrogens with zero attached hydrogens (tertiary/aromatic N) is 1. The van der Waals surface area contributed by atoms with Crippen molar-refractivity contribution in [2.45, 2.75) is 25.7 Å². The molecule has 2 rings (SSSR count). The molecule has 1 aliphatic rings. The first kappa shape index (κ1) is 9.93. The summed E-state index contributed by atoms with van der Waals surface area (Å²) in [5.41, 5.74) is 0.278. The predicted molar refractivity (Wildman–Crippen MR) is 55.1 cm³/mol. The van der Waals surface area contributed by atoms with Gasteiger partial charge in [0.2, 0.25) is 0 Å². The normalized spacial score (nSPS) is 15.6. The van der Waals surface area contributed by atoms with Crippen LogP contribution in [0.3, 0.4) is 0 Å². The summed E-state index contributed by atoms with van der Waals surface area (Å²) >= 11 is 7.30. The maximum absolute atomic E-state index is 11.4. The number of carbonyl (C=O) groups excluding carboxylic acids is 1. The van der Waals surface area contributed by atoms with Crippen molar-refractivity contribution in [3.8, 4) is 0 Å². The van der Waals surface area contributed by atoms with Crippen molar-refractivity contribution < 1.29 is 9.53 Å². The van der Waals surface area contributed by atoms with Crippen molar-refractivity contribution in [3.63, 3.8) is 0 Å². The van der Waals surface area contributed by atoms with Gasteiger partial charge < -0.3 is 4.74 Å². The zero-order valence-electron chi connectivity index (χ0n) is 7.75. The van der Waals surface area contributed by atoms with Gasteiger partial charge in [0.15, 0.2) is 5.69 Å². The van der Waals surface area contributed by atoms with Crippen LogP contribution in [0.5, 0.6) is 0 Å². The third-order valence-electron chi connectivity index (χ3n) is 2.00. The maximum Gasteiger partial charge on any atom is 0.359 e. The number of hydrogen-bond acceptors (Lipinski definition) is 4. The molecule has 0 radical (unpaired) electrons. The maximum atomic E-state index is 11.4. The molecule has 0 saturated heterocycles.